The lowest BCUT2D eigenvalue weighted by molar-refractivity contribution is -0.138. The minimum atomic E-state index is -4.74. The molecule has 32 heavy (non-hydrogen) atoms. The number of aliphatic carboxylic acids is 1. The van der Waals surface area contributed by atoms with Gasteiger partial charge in [-0.15, -0.1) is 0 Å². The zero-order valence-electron chi connectivity index (χ0n) is 16.6. The summed E-state index contributed by atoms with van der Waals surface area (Å²) in [5.74, 6) is -1.70. The van der Waals surface area contributed by atoms with Crippen LogP contribution in [0.5, 0.6) is 0 Å². The highest BCUT2D eigenvalue weighted by molar-refractivity contribution is 8.00. The fraction of sp³-hybridized carbons (Fsp3) is 0.350. The van der Waals surface area contributed by atoms with Crippen molar-refractivity contribution in [2.75, 3.05) is 10.7 Å². The van der Waals surface area contributed by atoms with Gasteiger partial charge in [0.05, 0.1) is 21.9 Å². The standard InChI is InChI=1S/C20H18ClF3N4O3S/c1-19-12(5-10(29)6-16(19)32-8-15(26)18(30)31)11(7-25)17(27)28(19)9-2-3-14(21)13(4-9)20(22,23)24/h2-5,15-16,27,29H,6,8,26H2,1H3,(H,30,31)/t15-,16+,19-/m0/s1. The summed E-state index contributed by atoms with van der Waals surface area (Å²) in [7, 11) is 0. The molecule has 0 spiro atoms. The van der Waals surface area contributed by atoms with E-state index in [1.54, 1.807) is 6.92 Å². The van der Waals surface area contributed by atoms with Gasteiger partial charge >= 0.3 is 12.1 Å². The van der Waals surface area contributed by atoms with Crippen molar-refractivity contribution in [3.05, 3.63) is 51.8 Å². The molecule has 0 fully saturated rings. The third-order valence-electron chi connectivity index (χ3n) is 5.49. The summed E-state index contributed by atoms with van der Waals surface area (Å²) < 4.78 is 40.4. The van der Waals surface area contributed by atoms with Crippen molar-refractivity contribution in [3.63, 3.8) is 0 Å². The molecular weight excluding hydrogens is 469 g/mol. The van der Waals surface area contributed by atoms with Crippen LogP contribution in [0.1, 0.15) is 18.9 Å². The molecule has 0 amide bonds. The minimum absolute atomic E-state index is 0.0140. The molecule has 5 N–H and O–H groups in total. The number of hydrogen-bond donors (Lipinski definition) is 4. The maximum atomic E-state index is 13.5. The molecule has 3 atom stereocenters. The van der Waals surface area contributed by atoms with Crippen molar-refractivity contribution >= 4 is 40.9 Å². The van der Waals surface area contributed by atoms with Crippen LogP contribution in [0.25, 0.3) is 0 Å². The summed E-state index contributed by atoms with van der Waals surface area (Å²) in [6, 6.07) is 3.89. The van der Waals surface area contributed by atoms with Crippen LogP contribution in [-0.4, -0.2) is 44.6 Å². The number of aliphatic hydroxyl groups is 1. The maximum absolute atomic E-state index is 13.5. The van der Waals surface area contributed by atoms with Gasteiger partial charge in [-0.2, -0.15) is 30.2 Å². The first-order chi connectivity index (χ1) is 14.8. The highest BCUT2D eigenvalue weighted by Crippen LogP contribution is 2.51. The van der Waals surface area contributed by atoms with Gasteiger partial charge in [-0.05, 0) is 31.2 Å². The Bertz CT molecular complexity index is 1100. The van der Waals surface area contributed by atoms with Crippen molar-refractivity contribution in [2.24, 2.45) is 5.73 Å². The van der Waals surface area contributed by atoms with Crippen LogP contribution in [0.3, 0.4) is 0 Å². The van der Waals surface area contributed by atoms with Crippen molar-refractivity contribution in [1.82, 2.24) is 0 Å². The normalized spacial score (nSPS) is 24.2. The number of nitrogens with zero attached hydrogens (tertiary/aromatic N) is 2. The first-order valence-electron chi connectivity index (χ1n) is 9.22. The van der Waals surface area contributed by atoms with Crippen LogP contribution in [-0.2, 0) is 11.0 Å². The van der Waals surface area contributed by atoms with Gasteiger partial charge in [0.15, 0.2) is 0 Å². The van der Waals surface area contributed by atoms with Gasteiger partial charge in [0, 0.05) is 28.7 Å². The second-order valence-corrected chi connectivity index (χ2v) is 9.14. The summed E-state index contributed by atoms with van der Waals surface area (Å²) in [5.41, 5.74) is 3.43. The number of fused-ring (bicyclic) bond motifs is 1. The number of carboxylic acids is 1. The third kappa shape index (κ3) is 3.94. The maximum Gasteiger partial charge on any atom is 0.417 e. The second kappa shape index (κ2) is 8.35. The molecule has 1 heterocycles. The number of thioether (sulfide) groups is 1. The van der Waals surface area contributed by atoms with E-state index in [9.17, 15) is 28.3 Å². The Hall–Kier alpha value is -2.68. The van der Waals surface area contributed by atoms with Crippen LogP contribution in [0.15, 0.2) is 41.2 Å². The number of hydrogen-bond acceptors (Lipinski definition) is 6. The third-order valence-corrected chi connectivity index (χ3v) is 7.40. The smallest absolute Gasteiger partial charge is 0.417 e. The van der Waals surface area contributed by atoms with E-state index in [4.69, 9.17) is 27.9 Å². The quantitative estimate of drug-likeness (QED) is 0.492. The van der Waals surface area contributed by atoms with E-state index >= 15 is 0 Å². The highest BCUT2D eigenvalue weighted by atomic mass is 35.5. The number of alkyl halides is 3. The fourth-order valence-corrected chi connectivity index (χ4v) is 5.54. The molecule has 1 aliphatic heterocycles. The largest absolute Gasteiger partial charge is 0.512 e. The summed E-state index contributed by atoms with van der Waals surface area (Å²) in [6.45, 7) is 1.63. The zero-order chi connectivity index (χ0) is 24.0. The predicted molar refractivity (Wildman–Crippen MR) is 115 cm³/mol. The molecule has 0 saturated heterocycles. The topological polar surface area (TPSA) is 134 Å². The number of halogens is 4. The van der Waals surface area contributed by atoms with Gasteiger partial charge in [-0.3, -0.25) is 10.2 Å². The Kier molecular flexibility index (Phi) is 6.25. The number of carboxylic acid groups (broad SMARTS) is 1. The Morgan fingerprint density at radius 3 is 2.75 bits per heavy atom. The number of allylic oxidation sites excluding steroid dienone is 1. The van der Waals surface area contributed by atoms with E-state index in [1.165, 1.54) is 17.0 Å². The number of benzene rings is 1. The Morgan fingerprint density at radius 2 is 2.19 bits per heavy atom. The van der Waals surface area contributed by atoms with Gasteiger partial charge in [0.25, 0.3) is 0 Å². The molecule has 0 bridgehead atoms. The van der Waals surface area contributed by atoms with Crippen LogP contribution in [0.4, 0.5) is 18.9 Å². The van der Waals surface area contributed by atoms with E-state index in [2.05, 4.69) is 0 Å². The van der Waals surface area contributed by atoms with Crippen LogP contribution in [0.2, 0.25) is 5.02 Å². The van der Waals surface area contributed by atoms with Crippen LogP contribution < -0.4 is 10.6 Å². The number of nitrogens with two attached hydrogens (primary N) is 1. The Morgan fingerprint density at radius 1 is 1.53 bits per heavy atom. The highest BCUT2D eigenvalue weighted by Gasteiger charge is 2.54. The first-order valence-corrected chi connectivity index (χ1v) is 10.6. The van der Waals surface area contributed by atoms with Crippen molar-refractivity contribution in [2.45, 2.75) is 36.4 Å². The average Bonchev–Trinajstić information content (AvgIpc) is 2.91. The molecule has 1 aromatic rings. The summed E-state index contributed by atoms with van der Waals surface area (Å²) in [5, 5.41) is 36.4. The van der Waals surface area contributed by atoms with Gasteiger partial charge in [0.2, 0.25) is 0 Å². The zero-order valence-corrected chi connectivity index (χ0v) is 18.1. The van der Waals surface area contributed by atoms with Crippen molar-refractivity contribution < 1.29 is 28.2 Å². The molecule has 170 valence electrons. The molecule has 0 aromatic heterocycles. The van der Waals surface area contributed by atoms with Gasteiger partial charge in [0.1, 0.15) is 23.5 Å². The summed E-state index contributed by atoms with van der Waals surface area (Å²) in [6.07, 6.45) is -3.36. The molecular formula is C20H18ClF3N4O3S. The number of rotatable bonds is 5. The Labute approximate surface area is 190 Å². The van der Waals surface area contributed by atoms with E-state index in [1.807, 2.05) is 6.07 Å². The van der Waals surface area contributed by atoms with Gasteiger partial charge in [-0.25, -0.2) is 0 Å². The SMILES string of the molecule is C[C@@]12C(=C(C#N)C(=N)N1c1ccc(Cl)c(C(F)(F)F)c1)C=C(O)C[C@H]2SC[C@H](N)C(=O)O. The molecule has 1 aromatic carbocycles. The number of nitrogens with one attached hydrogen (secondary N) is 1. The molecule has 7 nitrogen and oxygen atoms in total. The molecule has 12 heteroatoms. The lowest BCUT2D eigenvalue weighted by Crippen LogP contribution is -2.55. The van der Waals surface area contributed by atoms with Crippen molar-refractivity contribution in [1.29, 1.82) is 10.7 Å². The summed E-state index contributed by atoms with van der Waals surface area (Å²) in [4.78, 5) is 12.4. The molecule has 1 aliphatic carbocycles. The van der Waals surface area contributed by atoms with E-state index in [0.29, 0.717) is 0 Å². The molecule has 0 radical (unpaired) electrons. The number of carbonyl (C=O) groups is 1. The van der Waals surface area contributed by atoms with E-state index < -0.39 is 39.6 Å². The van der Waals surface area contributed by atoms with Crippen LogP contribution in [0, 0.1) is 16.7 Å². The van der Waals surface area contributed by atoms with E-state index in [0.717, 1.165) is 23.9 Å². The fourth-order valence-electron chi connectivity index (χ4n) is 3.89. The molecule has 0 unspecified atom stereocenters. The number of nitriles is 1. The van der Waals surface area contributed by atoms with Crippen LogP contribution >= 0.6 is 23.4 Å². The number of anilines is 1. The van der Waals surface area contributed by atoms with Gasteiger partial charge in [-0.1, -0.05) is 11.6 Å². The predicted octanol–water partition coefficient (Wildman–Crippen LogP) is 4.09. The lowest BCUT2D eigenvalue weighted by atomic mass is 9.81. The second-order valence-electron chi connectivity index (χ2n) is 7.50. The first kappa shape index (κ1) is 24.0. The van der Waals surface area contributed by atoms with Gasteiger partial charge < -0.3 is 20.8 Å². The Balaban J connectivity index is 2.15. The monoisotopic (exact) mass is 486 g/mol. The minimum Gasteiger partial charge on any atom is -0.512 e. The van der Waals surface area contributed by atoms with Crippen molar-refractivity contribution in [3.8, 4) is 6.07 Å². The average molecular weight is 487 g/mol. The number of amidine groups is 1. The number of aliphatic hydroxyl groups excluding tert-OH is 1. The summed E-state index contributed by atoms with van der Waals surface area (Å²) >= 11 is 6.84. The molecule has 2 aliphatic rings. The van der Waals surface area contributed by atoms with E-state index in [-0.39, 0.29) is 40.6 Å². The lowest BCUT2D eigenvalue weighted by Gasteiger charge is -2.45. The molecule has 0 saturated carbocycles. The molecule has 3 rings (SSSR count).